The van der Waals surface area contributed by atoms with Crippen molar-refractivity contribution in [1.82, 2.24) is 0 Å². The molecule has 0 spiro atoms. The molecule has 0 radical (unpaired) electrons. The van der Waals surface area contributed by atoms with E-state index >= 15 is 0 Å². The van der Waals surface area contributed by atoms with E-state index in [0.717, 1.165) is 5.56 Å². The zero-order valence-corrected chi connectivity index (χ0v) is 12.5. The van der Waals surface area contributed by atoms with Gasteiger partial charge < -0.3 is 14.2 Å². The van der Waals surface area contributed by atoms with Crippen molar-refractivity contribution in [1.29, 1.82) is 0 Å². The Kier molecular flexibility index (Phi) is 6.82. The summed E-state index contributed by atoms with van der Waals surface area (Å²) in [5.74, 6) is -0.364. The number of ketones is 1. The third kappa shape index (κ3) is 5.39. The Labute approximate surface area is 118 Å². The van der Waals surface area contributed by atoms with Gasteiger partial charge >= 0.3 is 7.60 Å². The monoisotopic (exact) mass is 298 g/mol. The van der Waals surface area contributed by atoms with Gasteiger partial charge in [0, 0.05) is 14.2 Å². The molecule has 0 aliphatic rings. The highest BCUT2D eigenvalue weighted by atomic mass is 31.2. The van der Waals surface area contributed by atoms with Crippen LogP contribution in [-0.2, 0) is 18.4 Å². The first-order chi connectivity index (χ1) is 9.50. The molecule has 5 nitrogen and oxygen atoms in total. The molecule has 0 amide bonds. The van der Waals surface area contributed by atoms with Crippen LogP contribution in [0.2, 0.25) is 0 Å². The largest absolute Gasteiger partial charge is 0.388 e. The number of benzene rings is 1. The van der Waals surface area contributed by atoms with Gasteiger partial charge in [0.1, 0.15) is 6.16 Å². The van der Waals surface area contributed by atoms with E-state index < -0.39 is 13.7 Å². The number of hydrogen-bond donors (Lipinski definition) is 1. The molecule has 1 N–H and O–H groups in total. The summed E-state index contributed by atoms with van der Waals surface area (Å²) in [6, 6.07) is 9.15. The molecule has 0 aliphatic heterocycles. The van der Waals surface area contributed by atoms with Gasteiger partial charge in [0.25, 0.3) is 0 Å². The lowest BCUT2D eigenvalue weighted by Crippen LogP contribution is -2.05. The minimum absolute atomic E-state index is 0.306. The van der Waals surface area contributed by atoms with Crippen LogP contribution in [-0.4, -0.2) is 31.3 Å². The molecule has 1 aromatic rings. The minimum atomic E-state index is -3.32. The number of rotatable bonds is 8. The lowest BCUT2D eigenvalue weighted by Gasteiger charge is -2.11. The quantitative estimate of drug-likeness (QED) is 0.590. The number of aliphatic hydroxyl groups excluding tert-OH is 1. The molecule has 0 bridgehead atoms. The van der Waals surface area contributed by atoms with Gasteiger partial charge in [-0.15, -0.1) is 0 Å². The second-order valence-electron chi connectivity index (χ2n) is 4.17. The molecule has 20 heavy (non-hydrogen) atoms. The highest BCUT2D eigenvalue weighted by Crippen LogP contribution is 2.46. The van der Waals surface area contributed by atoms with E-state index in [0.29, 0.717) is 6.42 Å². The number of hydrogen-bond acceptors (Lipinski definition) is 5. The van der Waals surface area contributed by atoms with Crippen LogP contribution in [0.1, 0.15) is 18.1 Å². The van der Waals surface area contributed by atoms with Crippen LogP contribution in [0.3, 0.4) is 0 Å². The van der Waals surface area contributed by atoms with Gasteiger partial charge in [0.05, 0.1) is 6.10 Å². The predicted molar refractivity (Wildman–Crippen MR) is 76.7 cm³/mol. The molecule has 1 aromatic carbocycles. The van der Waals surface area contributed by atoms with Crippen molar-refractivity contribution in [2.45, 2.75) is 12.5 Å². The fourth-order valence-electron chi connectivity index (χ4n) is 1.59. The number of aliphatic hydroxyl groups is 1. The maximum atomic E-state index is 11.7. The normalized spacial score (nSPS) is 13.6. The Morgan fingerprint density at radius 1 is 1.30 bits per heavy atom. The maximum absolute atomic E-state index is 11.7. The average molecular weight is 298 g/mol. The molecule has 0 aliphatic carbocycles. The van der Waals surface area contributed by atoms with Gasteiger partial charge in [0.15, 0.2) is 5.78 Å². The molecular formula is C14H19O5P. The van der Waals surface area contributed by atoms with Crippen LogP contribution >= 0.6 is 7.60 Å². The lowest BCUT2D eigenvalue weighted by molar-refractivity contribution is -0.112. The summed E-state index contributed by atoms with van der Waals surface area (Å²) in [6.07, 6.45) is 2.17. The van der Waals surface area contributed by atoms with Crippen LogP contribution in [0.15, 0.2) is 42.5 Å². The van der Waals surface area contributed by atoms with Crippen molar-refractivity contribution >= 4 is 13.4 Å². The molecule has 6 heteroatoms. The van der Waals surface area contributed by atoms with Gasteiger partial charge in [0.2, 0.25) is 0 Å². The minimum Gasteiger partial charge on any atom is -0.388 e. The summed E-state index contributed by atoms with van der Waals surface area (Å²) >= 11 is 0. The summed E-state index contributed by atoms with van der Waals surface area (Å²) in [5, 5.41) is 9.89. The van der Waals surface area contributed by atoms with E-state index in [-0.39, 0.29) is 11.9 Å². The van der Waals surface area contributed by atoms with E-state index in [1.165, 1.54) is 20.3 Å². The summed E-state index contributed by atoms with van der Waals surface area (Å²) in [4.78, 5) is 11.6. The average Bonchev–Trinajstić information content (AvgIpc) is 2.47. The Hall–Kier alpha value is -1.26. The molecule has 0 saturated heterocycles. The lowest BCUT2D eigenvalue weighted by atomic mass is 10.1. The van der Waals surface area contributed by atoms with Crippen molar-refractivity contribution in [3.63, 3.8) is 0 Å². The van der Waals surface area contributed by atoms with E-state index in [2.05, 4.69) is 9.05 Å². The summed E-state index contributed by atoms with van der Waals surface area (Å²) in [7, 11) is -0.849. The molecule has 1 unspecified atom stereocenters. The first kappa shape index (κ1) is 16.8. The Morgan fingerprint density at radius 2 is 1.90 bits per heavy atom. The molecular weight excluding hydrogens is 279 g/mol. The SMILES string of the molecule is COP(=O)(CC(=O)/C=C/CC(O)c1ccccc1)OC. The molecule has 0 saturated carbocycles. The van der Waals surface area contributed by atoms with Crippen LogP contribution in [0.25, 0.3) is 0 Å². The maximum Gasteiger partial charge on any atom is 0.337 e. The highest BCUT2D eigenvalue weighted by molar-refractivity contribution is 7.54. The van der Waals surface area contributed by atoms with Gasteiger partial charge in [-0.2, -0.15) is 0 Å². The summed E-state index contributed by atoms with van der Waals surface area (Å²) in [5.41, 5.74) is 0.782. The molecule has 0 fully saturated rings. The Balaban J connectivity index is 2.49. The second-order valence-corrected chi connectivity index (χ2v) is 6.43. The molecule has 110 valence electrons. The van der Waals surface area contributed by atoms with E-state index in [1.54, 1.807) is 6.08 Å². The van der Waals surface area contributed by atoms with Gasteiger partial charge in [-0.3, -0.25) is 9.36 Å². The summed E-state index contributed by atoms with van der Waals surface area (Å²) in [6.45, 7) is 0. The summed E-state index contributed by atoms with van der Waals surface area (Å²) < 4.78 is 21.1. The van der Waals surface area contributed by atoms with Gasteiger partial charge in [-0.25, -0.2) is 0 Å². The van der Waals surface area contributed by atoms with Crippen molar-refractivity contribution in [3.8, 4) is 0 Å². The number of allylic oxidation sites excluding steroid dienone is 1. The number of carbonyl (C=O) groups excluding carboxylic acids is 1. The van der Waals surface area contributed by atoms with E-state index in [1.807, 2.05) is 30.3 Å². The zero-order valence-electron chi connectivity index (χ0n) is 11.6. The van der Waals surface area contributed by atoms with Crippen molar-refractivity contribution in [2.75, 3.05) is 20.4 Å². The van der Waals surface area contributed by atoms with Gasteiger partial charge in [-0.05, 0) is 18.1 Å². The molecule has 0 aromatic heterocycles. The number of carbonyl (C=O) groups is 1. The predicted octanol–water partition coefficient (Wildman–Crippen LogP) is 2.72. The molecule has 1 atom stereocenters. The van der Waals surface area contributed by atoms with Crippen LogP contribution in [0, 0.1) is 0 Å². The zero-order chi connectivity index (χ0) is 15.0. The van der Waals surface area contributed by atoms with E-state index in [9.17, 15) is 14.5 Å². The van der Waals surface area contributed by atoms with Crippen molar-refractivity contribution in [2.24, 2.45) is 0 Å². The fourth-order valence-corrected chi connectivity index (χ4v) is 2.48. The third-order valence-corrected chi connectivity index (χ3v) is 4.56. The van der Waals surface area contributed by atoms with Crippen molar-refractivity contribution in [3.05, 3.63) is 48.0 Å². The first-order valence-corrected chi connectivity index (χ1v) is 7.86. The van der Waals surface area contributed by atoms with Crippen LogP contribution in [0.5, 0.6) is 0 Å². The Bertz CT molecular complexity index is 490. The van der Waals surface area contributed by atoms with Crippen LogP contribution in [0.4, 0.5) is 0 Å². The fraction of sp³-hybridized carbons (Fsp3) is 0.357. The van der Waals surface area contributed by atoms with E-state index in [4.69, 9.17) is 0 Å². The highest BCUT2D eigenvalue weighted by Gasteiger charge is 2.23. The van der Waals surface area contributed by atoms with Crippen LogP contribution < -0.4 is 0 Å². The smallest absolute Gasteiger partial charge is 0.337 e. The Morgan fingerprint density at radius 3 is 2.45 bits per heavy atom. The van der Waals surface area contributed by atoms with Crippen molar-refractivity contribution < 1.29 is 23.5 Å². The topological polar surface area (TPSA) is 72.8 Å². The first-order valence-electron chi connectivity index (χ1n) is 6.13. The second kappa shape index (κ2) is 8.12. The molecule has 0 heterocycles. The van der Waals surface area contributed by atoms with Gasteiger partial charge in [-0.1, -0.05) is 36.4 Å². The standard InChI is InChI=1S/C14H19O5P/c1-18-20(17,19-2)11-13(15)9-6-10-14(16)12-7-4-3-5-8-12/h3-9,14,16H,10-11H2,1-2H3/b9-6+. The molecule has 1 rings (SSSR count). The third-order valence-electron chi connectivity index (χ3n) is 2.75.